The zero-order valence-electron chi connectivity index (χ0n) is 20.1. The van der Waals surface area contributed by atoms with E-state index >= 15 is 0 Å². The third kappa shape index (κ3) is 8.54. The highest BCUT2D eigenvalue weighted by Crippen LogP contribution is 2.15. The van der Waals surface area contributed by atoms with E-state index in [0.29, 0.717) is 10.6 Å². The van der Waals surface area contributed by atoms with Gasteiger partial charge in [-0.05, 0) is 55.7 Å². The van der Waals surface area contributed by atoms with Gasteiger partial charge in [-0.3, -0.25) is 14.4 Å². The van der Waals surface area contributed by atoms with Gasteiger partial charge in [0.05, 0.1) is 12.6 Å². The third-order valence-electron chi connectivity index (χ3n) is 5.54. The van der Waals surface area contributed by atoms with Crippen LogP contribution in [0, 0.1) is 0 Å². The fraction of sp³-hybridized carbons (Fsp3) is 0.360. The van der Waals surface area contributed by atoms with Crippen LogP contribution in [-0.4, -0.2) is 70.0 Å². The van der Waals surface area contributed by atoms with Crippen molar-refractivity contribution in [1.82, 2.24) is 15.5 Å². The minimum Gasteiger partial charge on any atom is -0.508 e. The van der Waals surface area contributed by atoms with Gasteiger partial charge in [0, 0.05) is 18.0 Å². The molecule has 10 nitrogen and oxygen atoms in total. The fourth-order valence-corrected chi connectivity index (χ4v) is 3.78. The number of nitrogens with one attached hydrogen (secondary N) is 2. The molecule has 194 valence electrons. The highest BCUT2D eigenvalue weighted by Gasteiger charge is 2.29. The average Bonchev–Trinajstić information content (AvgIpc) is 2.83. The van der Waals surface area contributed by atoms with Gasteiger partial charge in [-0.2, -0.15) is 0 Å². The molecule has 0 aliphatic carbocycles. The maximum Gasteiger partial charge on any atom is 0.326 e. The highest BCUT2D eigenvalue weighted by atomic mass is 35.5. The number of nitrogens with two attached hydrogens (primary N) is 1. The Morgan fingerprint density at radius 1 is 1.03 bits per heavy atom. The van der Waals surface area contributed by atoms with Crippen LogP contribution in [0.25, 0.3) is 0 Å². The van der Waals surface area contributed by atoms with Crippen molar-refractivity contribution in [1.29, 1.82) is 0 Å². The smallest absolute Gasteiger partial charge is 0.326 e. The molecule has 36 heavy (non-hydrogen) atoms. The summed E-state index contributed by atoms with van der Waals surface area (Å²) >= 11 is 5.98. The number of phenols is 1. The average molecular weight is 519 g/mol. The van der Waals surface area contributed by atoms with Gasteiger partial charge in [-0.1, -0.05) is 35.9 Å². The summed E-state index contributed by atoms with van der Waals surface area (Å²) in [6.45, 7) is 2.77. The maximum absolute atomic E-state index is 12.8. The lowest BCUT2D eigenvalue weighted by Gasteiger charge is -2.28. The molecule has 0 unspecified atom stereocenters. The highest BCUT2D eigenvalue weighted by molar-refractivity contribution is 6.30. The Kier molecular flexibility index (Phi) is 10.7. The number of carboxylic acids is 1. The molecule has 3 atom stereocenters. The number of carbonyl (C=O) groups excluding carboxylic acids is 3. The largest absolute Gasteiger partial charge is 0.508 e. The molecule has 11 heteroatoms. The van der Waals surface area contributed by atoms with E-state index in [2.05, 4.69) is 10.6 Å². The second-order valence-electron chi connectivity index (χ2n) is 8.29. The van der Waals surface area contributed by atoms with E-state index in [9.17, 15) is 29.4 Å². The number of rotatable bonds is 12. The van der Waals surface area contributed by atoms with Crippen LogP contribution in [0.2, 0.25) is 5.02 Å². The van der Waals surface area contributed by atoms with E-state index in [1.54, 1.807) is 43.3 Å². The molecule has 0 bridgehead atoms. The number of amides is 3. The van der Waals surface area contributed by atoms with Crippen LogP contribution < -0.4 is 16.4 Å². The number of benzene rings is 2. The minimum atomic E-state index is -1.18. The van der Waals surface area contributed by atoms with Gasteiger partial charge in [-0.15, -0.1) is 0 Å². The van der Waals surface area contributed by atoms with Crippen LogP contribution in [0.15, 0.2) is 48.5 Å². The van der Waals surface area contributed by atoms with Crippen molar-refractivity contribution < 1.29 is 29.4 Å². The number of nitrogens with zero attached hydrogens (tertiary/aromatic N) is 1. The summed E-state index contributed by atoms with van der Waals surface area (Å²) in [6.07, 6.45) is 0.252. The Morgan fingerprint density at radius 2 is 1.69 bits per heavy atom. The molecule has 0 heterocycles. The van der Waals surface area contributed by atoms with Crippen LogP contribution in [0.4, 0.5) is 0 Å². The number of phenolic OH excluding ortho intramolecular Hbond substituents is 1. The zero-order chi connectivity index (χ0) is 26.8. The summed E-state index contributed by atoms with van der Waals surface area (Å²) in [5.74, 6) is -2.84. The van der Waals surface area contributed by atoms with Gasteiger partial charge in [-0.25, -0.2) is 4.79 Å². The van der Waals surface area contributed by atoms with Crippen LogP contribution >= 0.6 is 11.6 Å². The van der Waals surface area contributed by atoms with Crippen molar-refractivity contribution in [3.63, 3.8) is 0 Å². The van der Waals surface area contributed by atoms with Crippen molar-refractivity contribution in [2.24, 2.45) is 5.73 Å². The Hall–Kier alpha value is -3.63. The predicted octanol–water partition coefficient (Wildman–Crippen LogP) is 1.08. The summed E-state index contributed by atoms with van der Waals surface area (Å²) in [7, 11) is 0. The maximum atomic E-state index is 12.8. The second kappa shape index (κ2) is 13.5. The molecule has 2 aromatic carbocycles. The SMILES string of the molecule is CCN(C(=O)CNC(=O)[C@@H](C)NC(=O)[C@@H](N)Cc1ccc(O)cc1)[C@@H](Cc1cccc(Cl)c1)C(=O)O. The fourth-order valence-electron chi connectivity index (χ4n) is 3.57. The van der Waals surface area contributed by atoms with Gasteiger partial charge >= 0.3 is 5.97 Å². The molecule has 0 aliphatic rings. The van der Waals surface area contributed by atoms with E-state index < -0.39 is 48.4 Å². The van der Waals surface area contributed by atoms with Crippen molar-refractivity contribution in [3.05, 3.63) is 64.7 Å². The molecular formula is C25H31ClN4O6. The molecule has 0 aromatic heterocycles. The van der Waals surface area contributed by atoms with Crippen LogP contribution in [0.5, 0.6) is 5.75 Å². The van der Waals surface area contributed by atoms with E-state index in [-0.39, 0.29) is 25.1 Å². The monoisotopic (exact) mass is 518 g/mol. The quantitative estimate of drug-likeness (QED) is 0.281. The molecule has 0 fully saturated rings. The van der Waals surface area contributed by atoms with Crippen LogP contribution in [0.1, 0.15) is 25.0 Å². The lowest BCUT2D eigenvalue weighted by atomic mass is 10.0. The number of aliphatic carboxylic acids is 1. The molecule has 0 spiro atoms. The summed E-state index contributed by atoms with van der Waals surface area (Å²) in [5, 5.41) is 24.4. The summed E-state index contributed by atoms with van der Waals surface area (Å²) < 4.78 is 0. The molecule has 3 amide bonds. The number of halogens is 1. The Morgan fingerprint density at radius 3 is 2.28 bits per heavy atom. The first-order chi connectivity index (χ1) is 17.0. The number of carboxylic acid groups (broad SMARTS) is 1. The molecule has 0 saturated carbocycles. The van der Waals surface area contributed by atoms with Gasteiger partial charge in [0.2, 0.25) is 17.7 Å². The first-order valence-electron chi connectivity index (χ1n) is 11.4. The van der Waals surface area contributed by atoms with Crippen molar-refractivity contribution in [2.75, 3.05) is 13.1 Å². The number of hydrogen-bond donors (Lipinski definition) is 5. The van der Waals surface area contributed by atoms with Gasteiger partial charge in [0.25, 0.3) is 0 Å². The number of hydrogen-bond acceptors (Lipinski definition) is 6. The first kappa shape index (κ1) is 28.6. The van der Waals surface area contributed by atoms with Crippen molar-refractivity contribution in [2.45, 2.75) is 44.8 Å². The lowest BCUT2D eigenvalue weighted by Crippen LogP contribution is -2.53. The zero-order valence-corrected chi connectivity index (χ0v) is 20.9. The van der Waals surface area contributed by atoms with Crippen LogP contribution in [-0.2, 0) is 32.0 Å². The number of likely N-dealkylation sites (N-methyl/N-ethyl adjacent to an activating group) is 1. The van der Waals surface area contributed by atoms with Crippen LogP contribution in [0.3, 0.4) is 0 Å². The Bertz CT molecular complexity index is 1080. The Labute approximate surface area is 214 Å². The second-order valence-corrected chi connectivity index (χ2v) is 8.73. The molecule has 2 rings (SSSR count). The number of aromatic hydroxyl groups is 1. The van der Waals surface area contributed by atoms with Gasteiger partial charge in [0.1, 0.15) is 17.8 Å². The van der Waals surface area contributed by atoms with Gasteiger partial charge < -0.3 is 31.5 Å². The topological polar surface area (TPSA) is 162 Å². The van der Waals surface area contributed by atoms with Gasteiger partial charge in [0.15, 0.2) is 0 Å². The predicted molar refractivity (Wildman–Crippen MR) is 134 cm³/mol. The van der Waals surface area contributed by atoms with E-state index in [1.165, 1.54) is 24.0 Å². The lowest BCUT2D eigenvalue weighted by molar-refractivity contribution is -0.150. The summed E-state index contributed by atoms with van der Waals surface area (Å²) in [6, 6.07) is 9.91. The van der Waals surface area contributed by atoms with E-state index in [1.807, 2.05) is 0 Å². The first-order valence-corrected chi connectivity index (χ1v) is 11.8. The summed E-state index contributed by atoms with van der Waals surface area (Å²) in [5.41, 5.74) is 7.32. The van der Waals surface area contributed by atoms with Crippen molar-refractivity contribution in [3.8, 4) is 5.75 Å². The Balaban J connectivity index is 1.91. The third-order valence-corrected chi connectivity index (χ3v) is 5.77. The minimum absolute atomic E-state index is 0.0504. The molecule has 0 saturated heterocycles. The number of carbonyl (C=O) groups is 4. The van der Waals surface area contributed by atoms with E-state index in [0.717, 1.165) is 5.56 Å². The van der Waals surface area contributed by atoms with Crippen molar-refractivity contribution >= 4 is 35.3 Å². The van der Waals surface area contributed by atoms with E-state index in [4.69, 9.17) is 17.3 Å². The normalized spacial score (nSPS) is 13.2. The molecule has 2 aromatic rings. The summed E-state index contributed by atoms with van der Waals surface area (Å²) in [4.78, 5) is 50.6. The molecule has 0 aliphatic heterocycles. The standard InChI is InChI=1S/C25H31ClN4O6/c1-3-30(21(25(35)36)13-17-5-4-6-18(26)11-17)22(32)14-28-23(33)15(2)29-24(34)20(27)12-16-7-9-19(31)10-8-16/h4-11,15,20-21,31H,3,12-14,27H2,1-2H3,(H,28,33)(H,29,34)(H,35,36)/t15-,20+,21+/m1/s1. The molecular weight excluding hydrogens is 488 g/mol. The molecule has 0 radical (unpaired) electrons. The molecule has 6 N–H and O–H groups in total.